The third-order valence-electron chi connectivity index (χ3n) is 2.04. The zero-order valence-corrected chi connectivity index (χ0v) is 14.7. The van der Waals surface area contributed by atoms with E-state index in [2.05, 4.69) is 25.3 Å². The molecule has 0 saturated heterocycles. The average Bonchev–Trinajstić information content (AvgIpc) is 2.34. The number of rotatable bonds is 0. The summed E-state index contributed by atoms with van der Waals surface area (Å²) in [5, 5.41) is 0. The van der Waals surface area contributed by atoms with Gasteiger partial charge in [0, 0.05) is 30.9 Å². The van der Waals surface area contributed by atoms with Crippen LogP contribution in [-0.4, -0.2) is 0 Å². The van der Waals surface area contributed by atoms with Gasteiger partial charge in [-0.1, -0.05) is 12.1 Å². The van der Waals surface area contributed by atoms with Gasteiger partial charge >= 0.3 is 0 Å². The van der Waals surface area contributed by atoms with Gasteiger partial charge in [-0.05, 0) is 24.3 Å². The van der Waals surface area contributed by atoms with Crippen molar-refractivity contribution in [3.63, 3.8) is 0 Å². The van der Waals surface area contributed by atoms with Crippen LogP contribution in [0.5, 0.6) is 0 Å². The normalized spacial score (nSPS) is 9.05. The average molecular weight is 352 g/mol. The van der Waals surface area contributed by atoms with Crippen LogP contribution in [0.2, 0.25) is 0 Å². The van der Waals surface area contributed by atoms with Gasteiger partial charge in [0.2, 0.25) is 0 Å². The molecule has 2 nitrogen and oxygen atoms in total. The summed E-state index contributed by atoms with van der Waals surface area (Å²) in [7, 11) is 0. The van der Waals surface area contributed by atoms with E-state index in [1.165, 1.54) is 12.1 Å². The Morgan fingerprint density at radius 1 is 0.737 bits per heavy atom. The second kappa shape index (κ2) is 8.41. The number of anilines is 2. The van der Waals surface area contributed by atoms with Crippen molar-refractivity contribution in [3.05, 3.63) is 48.0 Å². The van der Waals surface area contributed by atoms with Gasteiger partial charge in [0.25, 0.3) is 0 Å². The molecule has 0 amide bonds. The second-order valence-corrected chi connectivity index (χ2v) is 4.25. The smallest absolute Gasteiger partial charge is 0.138 e. The van der Waals surface area contributed by atoms with Gasteiger partial charge in [-0.15, -0.1) is 25.3 Å². The molecule has 0 atom stereocenters. The number of halogens is 2. The Kier molecular flexibility index (Phi) is 8.06. The summed E-state index contributed by atoms with van der Waals surface area (Å²) < 4.78 is 24.8. The molecule has 0 saturated carbocycles. The van der Waals surface area contributed by atoms with E-state index in [0.29, 0.717) is 11.4 Å². The van der Waals surface area contributed by atoms with Crippen molar-refractivity contribution < 1.29 is 28.3 Å². The van der Waals surface area contributed by atoms with E-state index in [0.717, 1.165) is 0 Å². The van der Waals surface area contributed by atoms with E-state index < -0.39 is 0 Å². The molecule has 0 unspecified atom stereocenters. The number of benzene rings is 2. The number of nitrogen functional groups attached to an aromatic ring is 2. The van der Waals surface area contributed by atoms with E-state index in [1.54, 1.807) is 24.3 Å². The third kappa shape index (κ3) is 5.39. The first-order chi connectivity index (χ1) is 8.43. The minimum Gasteiger partial charge on any atom is -0.398 e. The Morgan fingerprint density at radius 3 is 1.26 bits per heavy atom. The number of nitrogens with two attached hydrogens (primary N) is 2. The van der Waals surface area contributed by atoms with E-state index >= 15 is 0 Å². The Labute approximate surface area is 134 Å². The predicted octanol–water partition coefficient (Wildman–Crippen LogP) is 3.39. The Bertz CT molecular complexity index is 463. The number of hydrogen-bond acceptors (Lipinski definition) is 4. The van der Waals surface area contributed by atoms with Crippen LogP contribution in [0, 0.1) is 11.6 Å². The van der Waals surface area contributed by atoms with Crippen molar-refractivity contribution in [2.45, 2.75) is 9.79 Å². The third-order valence-corrected chi connectivity index (χ3v) is 2.98. The first-order valence-electron chi connectivity index (χ1n) is 4.89. The van der Waals surface area contributed by atoms with Gasteiger partial charge in [-0.2, -0.15) is 0 Å². The van der Waals surface area contributed by atoms with Gasteiger partial charge < -0.3 is 11.5 Å². The van der Waals surface area contributed by atoms with Crippen molar-refractivity contribution in [1.82, 2.24) is 0 Å². The van der Waals surface area contributed by atoms with Crippen LogP contribution >= 0.6 is 25.3 Å². The molecule has 98 valence electrons. The Balaban J connectivity index is 0.000000324. The molecule has 0 spiro atoms. The fourth-order valence-corrected chi connectivity index (χ4v) is 1.36. The van der Waals surface area contributed by atoms with Gasteiger partial charge in [0.15, 0.2) is 0 Å². The van der Waals surface area contributed by atoms with E-state index in [4.69, 9.17) is 11.5 Å². The molecule has 0 aliphatic rings. The zero-order valence-electron chi connectivity index (χ0n) is 9.98. The van der Waals surface area contributed by atoms with E-state index in [1.807, 2.05) is 0 Å². The molecular weight excluding hydrogens is 340 g/mol. The van der Waals surface area contributed by atoms with Crippen LogP contribution in [-0.2, 0) is 19.5 Å². The summed E-state index contributed by atoms with van der Waals surface area (Å²) in [5.41, 5.74) is 11.4. The minimum atomic E-state index is -0.377. The van der Waals surface area contributed by atoms with Crippen molar-refractivity contribution in [1.29, 1.82) is 0 Å². The predicted molar refractivity (Wildman–Crippen MR) is 76.1 cm³/mol. The van der Waals surface area contributed by atoms with Crippen molar-refractivity contribution in [2.24, 2.45) is 0 Å². The zero-order chi connectivity index (χ0) is 13.7. The maximum atomic E-state index is 12.4. The summed E-state index contributed by atoms with van der Waals surface area (Å²) in [6.45, 7) is 0. The van der Waals surface area contributed by atoms with E-state index in [-0.39, 0.29) is 40.9 Å². The Morgan fingerprint density at radius 2 is 1.05 bits per heavy atom. The van der Waals surface area contributed by atoms with Crippen LogP contribution < -0.4 is 11.5 Å². The number of thiol groups is 2. The fraction of sp³-hybridized carbons (Fsp3) is 0. The topological polar surface area (TPSA) is 52.0 Å². The monoisotopic (exact) mass is 350 g/mol. The molecule has 0 aliphatic carbocycles. The largest absolute Gasteiger partial charge is 0.398 e. The summed E-state index contributed by atoms with van der Waals surface area (Å²) in [6.07, 6.45) is 0. The van der Waals surface area contributed by atoms with Crippen LogP contribution in [0.1, 0.15) is 0 Å². The summed E-state index contributed by atoms with van der Waals surface area (Å²) in [5.74, 6) is -0.753. The molecule has 4 N–H and O–H groups in total. The first kappa shape index (κ1) is 18.2. The second-order valence-electron chi connectivity index (χ2n) is 3.36. The van der Waals surface area contributed by atoms with Crippen molar-refractivity contribution in [2.75, 3.05) is 11.5 Å². The van der Waals surface area contributed by atoms with Gasteiger partial charge in [0.1, 0.15) is 11.6 Å². The minimum absolute atomic E-state index is 0. The molecule has 0 radical (unpaired) electrons. The molecule has 19 heavy (non-hydrogen) atoms. The standard InChI is InChI=1S/2C6H6FNS.Zn/c2*7-4-2-1-3-5(8)6(4)9;/h2*1-3,9H,8H2;. The van der Waals surface area contributed by atoms with Gasteiger partial charge in [-0.3, -0.25) is 0 Å². The molecular formula is C12H12F2N2S2Zn. The summed E-state index contributed by atoms with van der Waals surface area (Å²) >= 11 is 7.62. The van der Waals surface area contributed by atoms with Crippen molar-refractivity contribution in [3.8, 4) is 0 Å². The van der Waals surface area contributed by atoms with Gasteiger partial charge in [-0.25, -0.2) is 8.78 Å². The molecule has 0 fully saturated rings. The molecule has 0 aromatic heterocycles. The molecule has 2 rings (SSSR count). The molecule has 7 heteroatoms. The Hall–Kier alpha value is -0.777. The summed E-state index contributed by atoms with van der Waals surface area (Å²) in [6, 6.07) is 8.93. The molecule has 2 aromatic carbocycles. The molecule has 0 aliphatic heterocycles. The maximum absolute atomic E-state index is 12.4. The van der Waals surface area contributed by atoms with E-state index in [9.17, 15) is 8.78 Å². The fourth-order valence-electron chi connectivity index (χ4n) is 1.06. The first-order valence-corrected chi connectivity index (χ1v) is 5.78. The SMILES string of the molecule is Nc1cccc(F)c1S.Nc1cccc(F)c1S.[Zn]. The van der Waals surface area contributed by atoms with Crippen LogP contribution in [0.3, 0.4) is 0 Å². The molecule has 0 bridgehead atoms. The van der Waals surface area contributed by atoms with Crippen LogP contribution in [0.15, 0.2) is 46.2 Å². The summed E-state index contributed by atoms with van der Waals surface area (Å²) in [4.78, 5) is 0.440. The van der Waals surface area contributed by atoms with Crippen molar-refractivity contribution >= 4 is 36.6 Å². The van der Waals surface area contributed by atoms with Crippen LogP contribution in [0.25, 0.3) is 0 Å². The van der Waals surface area contributed by atoms with Gasteiger partial charge in [0.05, 0.1) is 9.79 Å². The maximum Gasteiger partial charge on any atom is 0.138 e. The molecule has 0 heterocycles. The van der Waals surface area contributed by atoms with Crippen LogP contribution in [0.4, 0.5) is 20.2 Å². The quantitative estimate of drug-likeness (QED) is 0.334. The number of hydrogen-bond donors (Lipinski definition) is 4. The molecule has 2 aromatic rings.